The second kappa shape index (κ2) is 7.02. The Kier molecular flexibility index (Phi) is 5.35. The van der Waals surface area contributed by atoms with E-state index >= 15 is 0 Å². The van der Waals surface area contributed by atoms with Crippen LogP contribution in [0.15, 0.2) is 6.07 Å². The lowest BCUT2D eigenvalue weighted by Crippen LogP contribution is -2.40. The molecule has 0 radical (unpaired) electrons. The monoisotopic (exact) mass is 295 g/mol. The average Bonchev–Trinajstić information content (AvgIpc) is 2.98. The highest BCUT2D eigenvalue weighted by molar-refractivity contribution is 6.18. The standard InChI is InChI=1S/C15H22ClN3O/c1-3-14-13(10-11(2)17-18-14)15(20)19(9-8-16)12-6-4-5-7-12/h10,12H,3-9H2,1-2H3. The summed E-state index contributed by atoms with van der Waals surface area (Å²) >= 11 is 5.89. The van der Waals surface area contributed by atoms with Gasteiger partial charge < -0.3 is 4.90 Å². The van der Waals surface area contributed by atoms with Gasteiger partial charge in [0.15, 0.2) is 0 Å². The predicted molar refractivity (Wildman–Crippen MR) is 80.2 cm³/mol. The molecule has 110 valence electrons. The van der Waals surface area contributed by atoms with Gasteiger partial charge in [0.05, 0.1) is 17.0 Å². The van der Waals surface area contributed by atoms with Gasteiger partial charge in [-0.1, -0.05) is 19.8 Å². The smallest absolute Gasteiger partial charge is 0.256 e. The average molecular weight is 296 g/mol. The first-order valence-electron chi connectivity index (χ1n) is 7.37. The highest BCUT2D eigenvalue weighted by Crippen LogP contribution is 2.25. The molecule has 1 aliphatic rings. The van der Waals surface area contributed by atoms with Crippen LogP contribution in [0.4, 0.5) is 0 Å². The van der Waals surface area contributed by atoms with Crippen molar-refractivity contribution in [1.82, 2.24) is 15.1 Å². The van der Waals surface area contributed by atoms with Crippen LogP contribution in [0.1, 0.15) is 54.4 Å². The molecule has 1 aromatic rings. The summed E-state index contributed by atoms with van der Waals surface area (Å²) in [4.78, 5) is 14.8. The van der Waals surface area contributed by atoms with E-state index in [2.05, 4.69) is 10.2 Å². The molecule has 0 spiro atoms. The molecule has 5 heteroatoms. The number of aromatic nitrogens is 2. The highest BCUT2D eigenvalue weighted by atomic mass is 35.5. The Morgan fingerprint density at radius 1 is 1.40 bits per heavy atom. The van der Waals surface area contributed by atoms with Crippen LogP contribution in [-0.4, -0.2) is 39.5 Å². The van der Waals surface area contributed by atoms with Crippen molar-refractivity contribution in [2.24, 2.45) is 0 Å². The van der Waals surface area contributed by atoms with E-state index in [1.165, 1.54) is 12.8 Å². The van der Waals surface area contributed by atoms with Gasteiger partial charge in [-0.3, -0.25) is 4.79 Å². The quantitative estimate of drug-likeness (QED) is 0.785. The molecule has 1 heterocycles. The van der Waals surface area contributed by atoms with Crippen LogP contribution >= 0.6 is 11.6 Å². The van der Waals surface area contributed by atoms with E-state index in [0.29, 0.717) is 30.5 Å². The summed E-state index contributed by atoms with van der Waals surface area (Å²) in [5.74, 6) is 0.536. The number of hydrogen-bond donors (Lipinski definition) is 0. The first-order chi connectivity index (χ1) is 9.67. The summed E-state index contributed by atoms with van der Waals surface area (Å²) in [6, 6.07) is 2.18. The number of halogens is 1. The van der Waals surface area contributed by atoms with Crippen LogP contribution < -0.4 is 0 Å². The van der Waals surface area contributed by atoms with Crippen molar-refractivity contribution in [2.45, 2.75) is 52.0 Å². The van der Waals surface area contributed by atoms with Gasteiger partial charge in [-0.2, -0.15) is 10.2 Å². The fourth-order valence-electron chi connectivity index (χ4n) is 2.87. The van der Waals surface area contributed by atoms with Crippen molar-refractivity contribution in [2.75, 3.05) is 12.4 Å². The fourth-order valence-corrected chi connectivity index (χ4v) is 3.05. The summed E-state index contributed by atoms with van der Waals surface area (Å²) in [6.45, 7) is 4.47. The predicted octanol–water partition coefficient (Wildman–Crippen LogP) is 2.97. The van der Waals surface area contributed by atoms with Crippen LogP contribution in [0.3, 0.4) is 0 Å². The molecule has 1 fully saturated rings. The number of amides is 1. The number of carbonyl (C=O) groups is 1. The minimum absolute atomic E-state index is 0.0624. The maximum Gasteiger partial charge on any atom is 0.256 e. The zero-order valence-electron chi connectivity index (χ0n) is 12.2. The van der Waals surface area contributed by atoms with E-state index < -0.39 is 0 Å². The van der Waals surface area contributed by atoms with Gasteiger partial charge in [0.2, 0.25) is 0 Å². The molecule has 4 nitrogen and oxygen atoms in total. The summed E-state index contributed by atoms with van der Waals surface area (Å²) < 4.78 is 0. The minimum atomic E-state index is 0.0624. The molecule has 1 aliphatic carbocycles. The molecule has 1 aromatic heterocycles. The lowest BCUT2D eigenvalue weighted by atomic mass is 10.1. The number of carbonyl (C=O) groups excluding carboxylic acids is 1. The van der Waals surface area contributed by atoms with Gasteiger partial charge >= 0.3 is 0 Å². The Bertz CT molecular complexity index is 472. The number of alkyl halides is 1. The maximum absolute atomic E-state index is 12.9. The number of nitrogens with zero attached hydrogens (tertiary/aromatic N) is 3. The van der Waals surface area contributed by atoms with Gasteiger partial charge in [0.1, 0.15) is 0 Å². The largest absolute Gasteiger partial charge is 0.334 e. The zero-order valence-corrected chi connectivity index (χ0v) is 13.0. The third-order valence-electron chi connectivity index (χ3n) is 3.91. The maximum atomic E-state index is 12.9. The van der Waals surface area contributed by atoms with E-state index in [9.17, 15) is 4.79 Å². The van der Waals surface area contributed by atoms with Crippen molar-refractivity contribution in [3.05, 3.63) is 23.0 Å². The highest BCUT2D eigenvalue weighted by Gasteiger charge is 2.28. The Hall–Kier alpha value is -1.16. The third-order valence-corrected chi connectivity index (χ3v) is 4.08. The summed E-state index contributed by atoms with van der Waals surface area (Å²) in [5, 5.41) is 8.21. The van der Waals surface area contributed by atoms with Gasteiger partial charge in [0.25, 0.3) is 5.91 Å². The number of aryl methyl sites for hydroxylation is 2. The molecular formula is C15H22ClN3O. The SMILES string of the molecule is CCc1nnc(C)cc1C(=O)N(CCCl)C1CCCC1. The molecule has 0 atom stereocenters. The number of hydrogen-bond acceptors (Lipinski definition) is 3. The van der Waals surface area contributed by atoms with Crippen LogP contribution in [0.2, 0.25) is 0 Å². The van der Waals surface area contributed by atoms with Gasteiger partial charge in [-0.15, -0.1) is 11.6 Å². The van der Waals surface area contributed by atoms with Crippen molar-refractivity contribution < 1.29 is 4.79 Å². The zero-order chi connectivity index (χ0) is 14.5. The van der Waals surface area contributed by atoms with E-state index in [1.807, 2.05) is 24.8 Å². The first kappa shape index (κ1) is 15.2. The molecule has 0 aromatic carbocycles. The Morgan fingerprint density at radius 3 is 2.70 bits per heavy atom. The van der Waals surface area contributed by atoms with Gasteiger partial charge in [0, 0.05) is 18.5 Å². The molecule has 2 rings (SSSR count). The van der Waals surface area contributed by atoms with Crippen molar-refractivity contribution in [1.29, 1.82) is 0 Å². The van der Waals surface area contributed by atoms with Crippen molar-refractivity contribution >= 4 is 17.5 Å². The molecular weight excluding hydrogens is 274 g/mol. The van der Waals surface area contributed by atoms with E-state index in [-0.39, 0.29) is 5.91 Å². The molecule has 0 saturated heterocycles. The molecule has 1 saturated carbocycles. The first-order valence-corrected chi connectivity index (χ1v) is 7.91. The van der Waals surface area contributed by atoms with Crippen LogP contribution in [0, 0.1) is 6.92 Å². The molecule has 0 bridgehead atoms. The van der Waals surface area contributed by atoms with Gasteiger partial charge in [-0.25, -0.2) is 0 Å². The summed E-state index contributed by atoms with van der Waals surface area (Å²) in [6.07, 6.45) is 5.28. The van der Waals surface area contributed by atoms with Crippen LogP contribution in [0.25, 0.3) is 0 Å². The second-order valence-electron chi connectivity index (χ2n) is 5.33. The molecule has 0 unspecified atom stereocenters. The Morgan fingerprint density at radius 2 is 2.10 bits per heavy atom. The van der Waals surface area contributed by atoms with Crippen molar-refractivity contribution in [3.63, 3.8) is 0 Å². The van der Waals surface area contributed by atoms with Gasteiger partial charge in [-0.05, 0) is 32.3 Å². The molecule has 0 N–H and O–H groups in total. The topological polar surface area (TPSA) is 46.1 Å². The van der Waals surface area contributed by atoms with Crippen LogP contribution in [-0.2, 0) is 6.42 Å². The van der Waals surface area contributed by atoms with E-state index in [4.69, 9.17) is 11.6 Å². The normalized spacial score (nSPS) is 15.6. The second-order valence-corrected chi connectivity index (χ2v) is 5.70. The molecule has 0 aliphatic heterocycles. The molecule has 1 amide bonds. The Labute approximate surface area is 125 Å². The third kappa shape index (κ3) is 3.29. The van der Waals surface area contributed by atoms with E-state index in [0.717, 1.165) is 24.2 Å². The van der Waals surface area contributed by atoms with E-state index in [1.54, 1.807) is 0 Å². The van der Waals surface area contributed by atoms with Crippen LogP contribution in [0.5, 0.6) is 0 Å². The van der Waals surface area contributed by atoms with Crippen molar-refractivity contribution in [3.8, 4) is 0 Å². The number of rotatable bonds is 5. The fraction of sp³-hybridized carbons (Fsp3) is 0.667. The summed E-state index contributed by atoms with van der Waals surface area (Å²) in [5.41, 5.74) is 2.25. The molecule has 20 heavy (non-hydrogen) atoms. The summed E-state index contributed by atoms with van der Waals surface area (Å²) in [7, 11) is 0. The Balaban J connectivity index is 2.28. The lowest BCUT2D eigenvalue weighted by Gasteiger charge is -2.29. The lowest BCUT2D eigenvalue weighted by molar-refractivity contribution is 0.0693. The minimum Gasteiger partial charge on any atom is -0.334 e.